The first-order valence-electron chi connectivity index (χ1n) is 8.36. The van der Waals surface area contributed by atoms with E-state index in [0.717, 1.165) is 24.1 Å². The van der Waals surface area contributed by atoms with Gasteiger partial charge < -0.3 is 11.1 Å². The third-order valence-electron chi connectivity index (χ3n) is 5.39. The molecule has 0 aliphatic heterocycles. The molecule has 0 spiro atoms. The predicted molar refractivity (Wildman–Crippen MR) is 99.5 cm³/mol. The molecule has 2 bridgehead atoms. The maximum absolute atomic E-state index is 13.7. The number of aromatic nitrogens is 1. The molecule has 0 radical (unpaired) electrons. The van der Waals surface area contributed by atoms with Gasteiger partial charge in [0.05, 0.1) is 5.92 Å². The van der Waals surface area contributed by atoms with Gasteiger partial charge in [-0.2, -0.15) is 0 Å². The number of halogens is 2. The maximum atomic E-state index is 13.7. The van der Waals surface area contributed by atoms with Gasteiger partial charge in [0.25, 0.3) is 0 Å². The molecule has 2 aliphatic rings. The van der Waals surface area contributed by atoms with E-state index in [-0.39, 0.29) is 36.1 Å². The summed E-state index contributed by atoms with van der Waals surface area (Å²) in [6.07, 6.45) is 5.52. The zero-order valence-corrected chi connectivity index (χ0v) is 15.3. The number of thiazole rings is 1. The smallest absolute Gasteiger partial charge is 0.231 e. The fraction of sp³-hybridized carbons (Fsp3) is 0.444. The number of amides is 1. The number of carbonyl (C=O) groups excluding carboxylic acids is 1. The van der Waals surface area contributed by atoms with Crippen LogP contribution in [0.4, 0.5) is 9.52 Å². The molecule has 4 unspecified atom stereocenters. The zero-order valence-electron chi connectivity index (χ0n) is 13.7. The minimum absolute atomic E-state index is 0. The molecule has 4 nitrogen and oxygen atoms in total. The molecule has 3 N–H and O–H groups in total. The van der Waals surface area contributed by atoms with Crippen molar-refractivity contribution in [1.82, 2.24) is 4.98 Å². The molecule has 7 heteroatoms. The molecule has 1 aromatic carbocycles. The van der Waals surface area contributed by atoms with Crippen LogP contribution in [0, 0.1) is 23.6 Å². The molecule has 25 heavy (non-hydrogen) atoms. The Morgan fingerprint density at radius 3 is 2.80 bits per heavy atom. The largest absolute Gasteiger partial charge is 0.327 e. The molecular weight excluding hydrogens is 361 g/mol. The van der Waals surface area contributed by atoms with Gasteiger partial charge in [-0.05, 0) is 42.7 Å². The van der Waals surface area contributed by atoms with Gasteiger partial charge in [-0.1, -0.05) is 18.2 Å². The molecule has 2 fully saturated rings. The van der Waals surface area contributed by atoms with E-state index in [2.05, 4.69) is 10.3 Å². The van der Waals surface area contributed by atoms with Crippen molar-refractivity contribution in [2.75, 3.05) is 5.32 Å². The Balaban J connectivity index is 0.00000182. The summed E-state index contributed by atoms with van der Waals surface area (Å²) in [6.45, 7) is 0. The van der Waals surface area contributed by atoms with Crippen LogP contribution in [0.5, 0.6) is 0 Å². The van der Waals surface area contributed by atoms with Crippen LogP contribution in [0.25, 0.3) is 0 Å². The summed E-state index contributed by atoms with van der Waals surface area (Å²) >= 11 is 1.39. The number of anilines is 1. The van der Waals surface area contributed by atoms with Crippen LogP contribution in [0.2, 0.25) is 0 Å². The highest BCUT2D eigenvalue weighted by atomic mass is 35.5. The Hall–Kier alpha value is -1.50. The number of nitrogens with one attached hydrogen (secondary N) is 1. The Morgan fingerprint density at radius 2 is 2.08 bits per heavy atom. The first kappa shape index (κ1) is 18.3. The number of hydrogen-bond donors (Lipinski definition) is 2. The van der Waals surface area contributed by atoms with Crippen molar-refractivity contribution in [2.24, 2.45) is 23.5 Å². The first-order chi connectivity index (χ1) is 11.6. The van der Waals surface area contributed by atoms with E-state index >= 15 is 0 Å². The van der Waals surface area contributed by atoms with E-state index in [0.29, 0.717) is 29.0 Å². The van der Waals surface area contributed by atoms with Gasteiger partial charge in [0.2, 0.25) is 5.91 Å². The lowest BCUT2D eigenvalue weighted by Gasteiger charge is -2.26. The van der Waals surface area contributed by atoms with Crippen molar-refractivity contribution < 1.29 is 9.18 Å². The van der Waals surface area contributed by atoms with Crippen molar-refractivity contribution in [3.8, 4) is 0 Å². The number of benzene rings is 1. The summed E-state index contributed by atoms with van der Waals surface area (Å²) in [5.74, 6) is 0.593. The lowest BCUT2D eigenvalue weighted by Crippen LogP contribution is -2.42. The SMILES string of the molecule is Cl.NC1C2CCC(C2)C1C(=O)Nc1ncc(Cc2ccccc2F)s1. The minimum Gasteiger partial charge on any atom is -0.327 e. The van der Waals surface area contributed by atoms with Crippen molar-refractivity contribution in [2.45, 2.75) is 31.7 Å². The summed E-state index contributed by atoms with van der Waals surface area (Å²) < 4.78 is 13.7. The van der Waals surface area contributed by atoms with Gasteiger partial charge in [-0.3, -0.25) is 4.79 Å². The molecule has 0 saturated heterocycles. The standard InChI is InChI=1S/C18H20FN3OS.ClH/c19-14-4-2-1-3-10(14)8-13-9-21-18(24-13)22-17(23)15-11-5-6-12(7-11)16(15)20;/h1-4,9,11-12,15-16H,5-8,20H2,(H,21,22,23);1H. The molecule has 4 atom stereocenters. The van der Waals surface area contributed by atoms with E-state index in [1.165, 1.54) is 17.4 Å². The molecule has 2 aromatic rings. The topological polar surface area (TPSA) is 68.0 Å². The third-order valence-corrected chi connectivity index (χ3v) is 6.30. The molecule has 1 heterocycles. The fourth-order valence-electron chi connectivity index (χ4n) is 4.19. The lowest BCUT2D eigenvalue weighted by atomic mass is 9.84. The Labute approximate surface area is 156 Å². The second-order valence-corrected chi connectivity index (χ2v) is 7.94. The van der Waals surface area contributed by atoms with Gasteiger partial charge in [-0.15, -0.1) is 23.7 Å². The Bertz CT molecular complexity index is 766. The van der Waals surface area contributed by atoms with Crippen LogP contribution < -0.4 is 11.1 Å². The van der Waals surface area contributed by atoms with Crippen LogP contribution in [-0.2, 0) is 11.2 Å². The van der Waals surface area contributed by atoms with Crippen LogP contribution in [0.15, 0.2) is 30.5 Å². The third kappa shape index (κ3) is 3.57. The zero-order chi connectivity index (χ0) is 16.7. The van der Waals surface area contributed by atoms with E-state index in [1.807, 2.05) is 6.07 Å². The van der Waals surface area contributed by atoms with Gasteiger partial charge in [0, 0.05) is 23.5 Å². The van der Waals surface area contributed by atoms with Gasteiger partial charge in [0.15, 0.2) is 5.13 Å². The van der Waals surface area contributed by atoms with E-state index in [9.17, 15) is 9.18 Å². The number of carbonyl (C=O) groups is 1. The number of nitrogens with two attached hydrogens (primary N) is 1. The van der Waals surface area contributed by atoms with Crippen molar-refractivity contribution >= 4 is 34.8 Å². The molecule has 2 saturated carbocycles. The summed E-state index contributed by atoms with van der Waals surface area (Å²) in [4.78, 5) is 17.7. The van der Waals surface area contributed by atoms with Crippen LogP contribution in [0.3, 0.4) is 0 Å². The number of hydrogen-bond acceptors (Lipinski definition) is 4. The normalized spacial score (nSPS) is 27.1. The molecule has 2 aliphatic carbocycles. The Kier molecular flexibility index (Phi) is 5.41. The molecule has 4 rings (SSSR count). The molecular formula is C18H21ClFN3OS. The minimum atomic E-state index is -0.218. The molecule has 1 aromatic heterocycles. The van der Waals surface area contributed by atoms with E-state index < -0.39 is 0 Å². The van der Waals surface area contributed by atoms with Gasteiger partial charge >= 0.3 is 0 Å². The highest BCUT2D eigenvalue weighted by molar-refractivity contribution is 7.15. The van der Waals surface area contributed by atoms with Crippen molar-refractivity contribution in [3.05, 3.63) is 46.7 Å². The fourth-order valence-corrected chi connectivity index (χ4v) is 5.03. The predicted octanol–water partition coefficient (Wildman–Crippen LogP) is 3.61. The second-order valence-electron chi connectivity index (χ2n) is 6.83. The summed E-state index contributed by atoms with van der Waals surface area (Å²) in [7, 11) is 0. The lowest BCUT2D eigenvalue weighted by molar-refractivity contribution is -0.121. The van der Waals surface area contributed by atoms with E-state index in [4.69, 9.17) is 5.73 Å². The van der Waals surface area contributed by atoms with Crippen LogP contribution in [0.1, 0.15) is 29.7 Å². The highest BCUT2D eigenvalue weighted by Gasteiger charge is 2.49. The number of rotatable bonds is 4. The highest BCUT2D eigenvalue weighted by Crippen LogP contribution is 2.48. The monoisotopic (exact) mass is 381 g/mol. The number of nitrogens with zero attached hydrogens (tertiary/aromatic N) is 1. The first-order valence-corrected chi connectivity index (χ1v) is 9.18. The van der Waals surface area contributed by atoms with Crippen molar-refractivity contribution in [1.29, 1.82) is 0 Å². The summed E-state index contributed by atoms with van der Waals surface area (Å²) in [6, 6.07) is 6.69. The molecule has 134 valence electrons. The van der Waals surface area contributed by atoms with Crippen LogP contribution >= 0.6 is 23.7 Å². The van der Waals surface area contributed by atoms with Gasteiger partial charge in [-0.25, -0.2) is 9.37 Å². The van der Waals surface area contributed by atoms with Gasteiger partial charge in [0.1, 0.15) is 5.82 Å². The quantitative estimate of drug-likeness (QED) is 0.850. The van der Waals surface area contributed by atoms with Crippen molar-refractivity contribution in [3.63, 3.8) is 0 Å². The average molecular weight is 382 g/mol. The van der Waals surface area contributed by atoms with Crippen LogP contribution in [-0.4, -0.2) is 16.9 Å². The molecule has 1 amide bonds. The second kappa shape index (κ2) is 7.40. The maximum Gasteiger partial charge on any atom is 0.231 e. The number of fused-ring (bicyclic) bond motifs is 2. The average Bonchev–Trinajstić information content (AvgIpc) is 3.26. The summed E-state index contributed by atoms with van der Waals surface area (Å²) in [5.41, 5.74) is 6.86. The summed E-state index contributed by atoms with van der Waals surface area (Å²) in [5, 5.41) is 3.49. The Morgan fingerprint density at radius 1 is 1.32 bits per heavy atom. The van der Waals surface area contributed by atoms with E-state index in [1.54, 1.807) is 18.3 Å².